The van der Waals surface area contributed by atoms with Gasteiger partial charge in [0.2, 0.25) is 0 Å². The lowest BCUT2D eigenvalue weighted by atomic mass is 9.98. The van der Waals surface area contributed by atoms with Crippen LogP contribution in [0.4, 0.5) is 10.5 Å². The number of benzene rings is 3. The SMILES string of the molecule is C[C@H](NC(=O)Nc1ccc(S(=O)(=O)Cc2ccc3c(c2)CCN(C)C3)cc1)c1cccc(Cl)c1Cl. The van der Waals surface area contributed by atoms with Gasteiger partial charge in [0.15, 0.2) is 9.84 Å². The Morgan fingerprint density at radius 3 is 2.54 bits per heavy atom. The van der Waals surface area contributed by atoms with Crippen molar-refractivity contribution in [1.82, 2.24) is 10.2 Å². The van der Waals surface area contributed by atoms with E-state index in [9.17, 15) is 13.2 Å². The number of nitrogens with one attached hydrogen (secondary N) is 2. The Bertz CT molecular complexity index is 1340. The molecule has 35 heavy (non-hydrogen) atoms. The predicted molar refractivity (Wildman–Crippen MR) is 141 cm³/mol. The maximum Gasteiger partial charge on any atom is 0.319 e. The third kappa shape index (κ3) is 6.16. The summed E-state index contributed by atoms with van der Waals surface area (Å²) < 4.78 is 26.0. The van der Waals surface area contributed by atoms with Crippen molar-refractivity contribution >= 4 is 44.8 Å². The van der Waals surface area contributed by atoms with Gasteiger partial charge in [0.05, 0.1) is 26.7 Å². The number of hydrogen-bond acceptors (Lipinski definition) is 4. The van der Waals surface area contributed by atoms with Gasteiger partial charge in [-0.15, -0.1) is 0 Å². The van der Waals surface area contributed by atoms with Crippen molar-refractivity contribution in [2.45, 2.75) is 36.6 Å². The highest BCUT2D eigenvalue weighted by molar-refractivity contribution is 7.90. The number of halogens is 2. The molecule has 0 saturated heterocycles. The Hall–Kier alpha value is -2.58. The van der Waals surface area contributed by atoms with Gasteiger partial charge < -0.3 is 15.5 Å². The van der Waals surface area contributed by atoms with Gasteiger partial charge >= 0.3 is 6.03 Å². The smallest absolute Gasteiger partial charge is 0.319 e. The van der Waals surface area contributed by atoms with Crippen molar-refractivity contribution < 1.29 is 13.2 Å². The van der Waals surface area contributed by atoms with Gasteiger partial charge in [-0.3, -0.25) is 0 Å². The molecule has 2 N–H and O–H groups in total. The van der Waals surface area contributed by atoms with Gasteiger partial charge in [-0.1, -0.05) is 53.5 Å². The number of fused-ring (bicyclic) bond motifs is 1. The summed E-state index contributed by atoms with van der Waals surface area (Å²) in [4.78, 5) is 14.9. The van der Waals surface area contributed by atoms with Crippen LogP contribution in [0.15, 0.2) is 65.6 Å². The second-order valence-electron chi connectivity index (χ2n) is 8.84. The van der Waals surface area contributed by atoms with Crippen molar-refractivity contribution in [3.8, 4) is 0 Å². The summed E-state index contributed by atoms with van der Waals surface area (Å²) in [6.07, 6.45) is 0.921. The molecule has 0 fully saturated rings. The molecule has 1 aliphatic rings. The molecule has 4 rings (SSSR count). The Morgan fingerprint density at radius 1 is 1.06 bits per heavy atom. The number of sulfone groups is 1. The second-order valence-corrected chi connectivity index (χ2v) is 11.6. The van der Waals surface area contributed by atoms with E-state index in [1.807, 2.05) is 18.2 Å². The van der Waals surface area contributed by atoms with Crippen molar-refractivity contribution in [1.29, 1.82) is 0 Å². The van der Waals surface area contributed by atoms with Crippen LogP contribution in [0, 0.1) is 0 Å². The minimum atomic E-state index is -3.53. The molecule has 2 amide bonds. The predicted octanol–water partition coefficient (Wildman–Crippen LogP) is 5.84. The lowest BCUT2D eigenvalue weighted by Crippen LogP contribution is -2.31. The van der Waals surface area contributed by atoms with Crippen LogP contribution in [0.3, 0.4) is 0 Å². The monoisotopic (exact) mass is 531 g/mol. The lowest BCUT2D eigenvalue weighted by molar-refractivity contribution is 0.249. The number of carbonyl (C=O) groups excluding carboxylic acids is 1. The molecule has 6 nitrogen and oxygen atoms in total. The van der Waals surface area contributed by atoms with Gasteiger partial charge in [-0.2, -0.15) is 0 Å². The molecule has 0 aliphatic carbocycles. The van der Waals surface area contributed by atoms with Crippen LogP contribution in [0.1, 0.15) is 35.2 Å². The fraction of sp³-hybridized carbons (Fsp3) is 0.269. The summed E-state index contributed by atoms with van der Waals surface area (Å²) in [5.41, 5.74) is 4.42. The van der Waals surface area contributed by atoms with Gasteiger partial charge in [0.1, 0.15) is 0 Å². The summed E-state index contributed by atoms with van der Waals surface area (Å²) >= 11 is 12.3. The largest absolute Gasteiger partial charge is 0.331 e. The average Bonchev–Trinajstić information content (AvgIpc) is 2.81. The molecule has 184 valence electrons. The second kappa shape index (κ2) is 10.6. The fourth-order valence-electron chi connectivity index (χ4n) is 4.18. The zero-order chi connectivity index (χ0) is 25.2. The van der Waals surface area contributed by atoms with Crippen molar-refractivity contribution in [3.05, 3.63) is 93.0 Å². The van der Waals surface area contributed by atoms with Gasteiger partial charge in [-0.25, -0.2) is 13.2 Å². The van der Waals surface area contributed by atoms with E-state index in [1.54, 1.807) is 37.3 Å². The molecule has 0 aromatic heterocycles. The van der Waals surface area contributed by atoms with Gasteiger partial charge in [0.25, 0.3) is 0 Å². The summed E-state index contributed by atoms with van der Waals surface area (Å²) in [5.74, 6) is -0.0682. The molecule has 3 aromatic carbocycles. The Morgan fingerprint density at radius 2 is 1.80 bits per heavy atom. The molecule has 0 radical (unpaired) electrons. The van der Waals surface area contributed by atoms with E-state index in [2.05, 4.69) is 22.6 Å². The number of nitrogens with zero attached hydrogens (tertiary/aromatic N) is 1. The molecule has 1 aliphatic heterocycles. The van der Waals surface area contributed by atoms with Crippen LogP contribution in [0.2, 0.25) is 10.0 Å². The Kier molecular flexibility index (Phi) is 7.71. The van der Waals surface area contributed by atoms with Crippen molar-refractivity contribution in [2.75, 3.05) is 18.9 Å². The minimum absolute atomic E-state index is 0.0682. The summed E-state index contributed by atoms with van der Waals surface area (Å²) in [6, 6.07) is 16.5. The van der Waals surface area contributed by atoms with E-state index in [0.717, 1.165) is 25.1 Å². The number of amides is 2. The molecule has 0 spiro atoms. The van der Waals surface area contributed by atoms with E-state index in [-0.39, 0.29) is 16.7 Å². The third-order valence-electron chi connectivity index (χ3n) is 6.10. The summed E-state index contributed by atoms with van der Waals surface area (Å²) in [6.45, 7) is 3.65. The normalized spacial score (nSPS) is 14.7. The Balaban J connectivity index is 1.39. The number of likely N-dealkylation sites (N-methyl/N-ethyl adjacent to an activating group) is 1. The summed E-state index contributed by atoms with van der Waals surface area (Å²) in [5, 5.41) is 6.33. The molecule has 1 atom stereocenters. The van der Waals surface area contributed by atoms with Crippen molar-refractivity contribution in [3.63, 3.8) is 0 Å². The van der Waals surface area contributed by atoms with Crippen molar-refractivity contribution in [2.24, 2.45) is 0 Å². The molecule has 0 saturated carbocycles. The van der Waals surface area contributed by atoms with Crippen LogP contribution in [-0.2, 0) is 28.6 Å². The maximum atomic E-state index is 13.0. The molecule has 1 heterocycles. The molecule has 3 aromatic rings. The number of rotatable bonds is 6. The Labute approximate surface area is 216 Å². The first-order valence-electron chi connectivity index (χ1n) is 11.3. The zero-order valence-electron chi connectivity index (χ0n) is 19.5. The van der Waals surface area contributed by atoms with Crippen LogP contribution in [0.25, 0.3) is 0 Å². The summed E-state index contributed by atoms with van der Waals surface area (Å²) in [7, 11) is -1.44. The molecular formula is C26H27Cl2N3O3S. The van der Waals surface area contributed by atoms with E-state index in [1.165, 1.54) is 23.3 Å². The van der Waals surface area contributed by atoms with Gasteiger partial charge in [0, 0.05) is 18.8 Å². The first-order chi connectivity index (χ1) is 16.6. The lowest BCUT2D eigenvalue weighted by Gasteiger charge is -2.25. The zero-order valence-corrected chi connectivity index (χ0v) is 21.8. The number of hydrogen-bond donors (Lipinski definition) is 2. The van der Waals surface area contributed by atoms with E-state index < -0.39 is 15.9 Å². The standard InChI is InChI=1S/C26H27Cl2N3O3S/c1-17(23-4-3-5-24(27)25(23)28)29-26(32)30-21-8-10-22(11-9-21)35(33,34)16-18-6-7-20-15-31(2)13-12-19(20)14-18/h3-11,14,17H,12-13,15-16H2,1-2H3,(H2,29,30,32)/t17-/m0/s1. The number of carbonyl (C=O) groups is 1. The quantitative estimate of drug-likeness (QED) is 0.418. The molecule has 0 bridgehead atoms. The average molecular weight is 532 g/mol. The van der Waals surface area contributed by atoms with E-state index in [4.69, 9.17) is 23.2 Å². The minimum Gasteiger partial charge on any atom is -0.331 e. The molecule has 9 heteroatoms. The van der Waals surface area contributed by atoms with E-state index in [0.29, 0.717) is 21.3 Å². The van der Waals surface area contributed by atoms with Crippen LogP contribution in [0.5, 0.6) is 0 Å². The highest BCUT2D eigenvalue weighted by Crippen LogP contribution is 2.30. The number of urea groups is 1. The first kappa shape index (κ1) is 25.5. The van der Waals surface area contributed by atoms with Crippen LogP contribution in [-0.4, -0.2) is 32.9 Å². The van der Waals surface area contributed by atoms with E-state index >= 15 is 0 Å². The highest BCUT2D eigenvalue weighted by atomic mass is 35.5. The molecular weight excluding hydrogens is 505 g/mol. The van der Waals surface area contributed by atoms with Gasteiger partial charge in [-0.05, 0) is 73.0 Å². The third-order valence-corrected chi connectivity index (χ3v) is 8.63. The number of anilines is 1. The van der Waals surface area contributed by atoms with Crippen LogP contribution >= 0.6 is 23.2 Å². The highest BCUT2D eigenvalue weighted by Gasteiger charge is 2.19. The molecule has 0 unspecified atom stereocenters. The topological polar surface area (TPSA) is 78.5 Å². The van der Waals surface area contributed by atoms with Crippen LogP contribution < -0.4 is 10.6 Å². The fourth-order valence-corrected chi connectivity index (χ4v) is 5.99. The first-order valence-corrected chi connectivity index (χ1v) is 13.7. The maximum absolute atomic E-state index is 13.0.